The Morgan fingerprint density at radius 3 is 2.30 bits per heavy atom. The predicted octanol–water partition coefficient (Wildman–Crippen LogP) is 6.24. The highest BCUT2D eigenvalue weighted by Gasteiger charge is 2.18. The maximum absolute atomic E-state index is 12.9. The molecule has 3 aromatic rings. The van der Waals surface area contributed by atoms with E-state index in [1.54, 1.807) is 24.3 Å². The number of hydrogen-bond acceptors (Lipinski definition) is 6. The molecule has 0 aliphatic heterocycles. The van der Waals surface area contributed by atoms with Gasteiger partial charge in [0.05, 0.1) is 17.1 Å². The normalized spacial score (nSPS) is 11.2. The highest BCUT2D eigenvalue weighted by molar-refractivity contribution is 6.16. The summed E-state index contributed by atoms with van der Waals surface area (Å²) in [6.45, 7) is 8.36. The van der Waals surface area contributed by atoms with Gasteiger partial charge in [-0.1, -0.05) is 26.7 Å². The summed E-state index contributed by atoms with van der Waals surface area (Å²) in [6, 6.07) is 11.2. The van der Waals surface area contributed by atoms with Gasteiger partial charge in [0.2, 0.25) is 0 Å². The van der Waals surface area contributed by atoms with Crippen LogP contribution in [0.25, 0.3) is 11.0 Å². The average Bonchev–Trinajstić information content (AvgIpc) is 3.26. The monoisotopic (exact) mass is 452 g/mol. The summed E-state index contributed by atoms with van der Waals surface area (Å²) in [5.41, 5.74) is 1.14. The lowest BCUT2D eigenvalue weighted by molar-refractivity contribution is -0.384. The van der Waals surface area contributed by atoms with Gasteiger partial charge >= 0.3 is 0 Å². The van der Waals surface area contributed by atoms with Gasteiger partial charge in [-0.15, -0.1) is 0 Å². The van der Waals surface area contributed by atoms with E-state index in [1.165, 1.54) is 50.1 Å². The van der Waals surface area contributed by atoms with Gasteiger partial charge in [-0.2, -0.15) is 0 Å². The van der Waals surface area contributed by atoms with E-state index in [4.69, 9.17) is 9.15 Å². The Hall–Kier alpha value is -3.19. The van der Waals surface area contributed by atoms with Crippen molar-refractivity contribution in [2.45, 2.75) is 46.0 Å². The van der Waals surface area contributed by atoms with Crippen LogP contribution in [0.1, 0.15) is 61.9 Å². The highest BCUT2D eigenvalue weighted by atomic mass is 16.6. The number of nitrogens with zero attached hydrogens (tertiary/aromatic N) is 2. The number of carbonyl (C=O) groups is 1. The van der Waals surface area contributed by atoms with Crippen molar-refractivity contribution in [3.8, 4) is 5.75 Å². The Labute approximate surface area is 194 Å². The van der Waals surface area contributed by atoms with Crippen molar-refractivity contribution < 1.29 is 18.9 Å². The van der Waals surface area contributed by atoms with Gasteiger partial charge in [-0.25, -0.2) is 0 Å². The molecule has 0 aliphatic rings. The Morgan fingerprint density at radius 2 is 1.67 bits per heavy atom. The molecule has 0 saturated carbocycles. The van der Waals surface area contributed by atoms with E-state index >= 15 is 0 Å². The largest absolute Gasteiger partial charge is 0.494 e. The van der Waals surface area contributed by atoms with E-state index in [0.29, 0.717) is 34.5 Å². The number of nitro groups is 1. The molecule has 0 saturated heterocycles. The molecule has 1 aromatic heterocycles. The highest BCUT2D eigenvalue weighted by Crippen LogP contribution is 2.28. The molecule has 0 N–H and O–H groups in total. The quantitative estimate of drug-likeness (QED) is 0.124. The minimum Gasteiger partial charge on any atom is -0.494 e. The van der Waals surface area contributed by atoms with Crippen molar-refractivity contribution in [2.75, 3.05) is 26.2 Å². The van der Waals surface area contributed by atoms with Gasteiger partial charge in [-0.05, 0) is 62.7 Å². The average molecular weight is 453 g/mol. The third-order valence-corrected chi connectivity index (χ3v) is 5.67. The number of rotatable bonds is 14. The molecule has 176 valence electrons. The molecular formula is C26H32N2O5. The summed E-state index contributed by atoms with van der Waals surface area (Å²) in [5, 5.41) is 11.5. The van der Waals surface area contributed by atoms with Crippen LogP contribution in [0, 0.1) is 10.1 Å². The second-order valence-electron chi connectivity index (χ2n) is 8.19. The van der Waals surface area contributed by atoms with E-state index in [2.05, 4.69) is 18.7 Å². The molecule has 7 nitrogen and oxygen atoms in total. The molecule has 33 heavy (non-hydrogen) atoms. The topological polar surface area (TPSA) is 85.8 Å². The first-order valence-corrected chi connectivity index (χ1v) is 11.7. The molecule has 2 aromatic carbocycles. The molecule has 3 rings (SSSR count). The van der Waals surface area contributed by atoms with Crippen molar-refractivity contribution in [1.82, 2.24) is 4.90 Å². The van der Waals surface area contributed by atoms with Crippen molar-refractivity contribution in [3.05, 3.63) is 70.0 Å². The second-order valence-corrected chi connectivity index (χ2v) is 8.19. The number of nitro benzene ring substituents is 1. The van der Waals surface area contributed by atoms with Crippen LogP contribution in [0.5, 0.6) is 5.75 Å². The van der Waals surface area contributed by atoms with Gasteiger partial charge in [0.1, 0.15) is 17.6 Å². The Balaban J connectivity index is 1.57. The van der Waals surface area contributed by atoms with Gasteiger partial charge in [0.25, 0.3) is 5.69 Å². The van der Waals surface area contributed by atoms with E-state index in [9.17, 15) is 14.9 Å². The first kappa shape index (κ1) is 24.5. The Bertz CT molecular complexity index is 1050. The van der Waals surface area contributed by atoms with E-state index in [-0.39, 0.29) is 11.5 Å². The zero-order valence-electron chi connectivity index (χ0n) is 19.4. The first-order valence-electron chi connectivity index (χ1n) is 11.7. The SMILES string of the molecule is CCCCN(CCCC)CCCOc1ccc(C(=O)c2coc3ccc([N+](=O)[O-])cc23)cc1. The lowest BCUT2D eigenvalue weighted by Crippen LogP contribution is -2.28. The lowest BCUT2D eigenvalue weighted by Gasteiger charge is -2.21. The van der Waals surface area contributed by atoms with Gasteiger partial charge < -0.3 is 14.1 Å². The summed E-state index contributed by atoms with van der Waals surface area (Å²) in [5.74, 6) is 0.469. The zero-order chi connectivity index (χ0) is 23.6. The molecule has 0 unspecified atom stereocenters. The number of furan rings is 1. The van der Waals surface area contributed by atoms with E-state index in [1.807, 2.05) is 0 Å². The molecular weight excluding hydrogens is 420 g/mol. The zero-order valence-corrected chi connectivity index (χ0v) is 19.4. The number of unbranched alkanes of at least 4 members (excludes halogenated alkanes) is 2. The van der Waals surface area contributed by atoms with Crippen molar-refractivity contribution >= 4 is 22.4 Å². The van der Waals surface area contributed by atoms with Crippen LogP contribution in [0.3, 0.4) is 0 Å². The fourth-order valence-corrected chi connectivity index (χ4v) is 3.74. The fourth-order valence-electron chi connectivity index (χ4n) is 3.74. The van der Waals surface area contributed by atoms with Crippen LogP contribution in [0.15, 0.2) is 53.1 Å². The molecule has 0 amide bonds. The molecule has 0 bridgehead atoms. The molecule has 0 spiro atoms. The maximum atomic E-state index is 12.9. The first-order chi connectivity index (χ1) is 16.0. The number of hydrogen-bond donors (Lipinski definition) is 0. The standard InChI is InChI=1S/C26H32N2O5/c1-3-5-14-27(15-6-4-2)16-7-17-32-22-11-8-20(9-12-22)26(29)24-19-33-25-13-10-21(28(30)31)18-23(24)25/h8-13,18-19H,3-7,14-17H2,1-2H3. The van der Waals surface area contributed by atoms with Gasteiger partial charge in [0, 0.05) is 29.6 Å². The summed E-state index contributed by atoms with van der Waals surface area (Å²) in [6.07, 6.45) is 7.15. The van der Waals surface area contributed by atoms with Crippen LogP contribution in [0.2, 0.25) is 0 Å². The minimum atomic E-state index is -0.486. The number of ether oxygens (including phenoxy) is 1. The third-order valence-electron chi connectivity index (χ3n) is 5.67. The Morgan fingerprint density at radius 1 is 1.00 bits per heavy atom. The summed E-state index contributed by atoms with van der Waals surface area (Å²) < 4.78 is 11.3. The number of benzene rings is 2. The van der Waals surface area contributed by atoms with Crippen molar-refractivity contribution in [3.63, 3.8) is 0 Å². The van der Waals surface area contributed by atoms with Gasteiger partial charge in [0.15, 0.2) is 5.78 Å². The lowest BCUT2D eigenvalue weighted by atomic mass is 10.0. The number of fused-ring (bicyclic) bond motifs is 1. The number of non-ortho nitro benzene ring substituents is 1. The number of carbonyl (C=O) groups excluding carboxylic acids is 1. The van der Waals surface area contributed by atoms with Crippen LogP contribution in [-0.2, 0) is 0 Å². The predicted molar refractivity (Wildman–Crippen MR) is 129 cm³/mol. The molecule has 7 heteroatoms. The van der Waals surface area contributed by atoms with Crippen LogP contribution in [-0.4, -0.2) is 41.8 Å². The van der Waals surface area contributed by atoms with E-state index in [0.717, 1.165) is 26.1 Å². The molecule has 0 aliphatic carbocycles. The van der Waals surface area contributed by atoms with Crippen LogP contribution < -0.4 is 4.74 Å². The third kappa shape index (κ3) is 6.65. The summed E-state index contributed by atoms with van der Waals surface area (Å²) in [7, 11) is 0. The second kappa shape index (κ2) is 12.2. The smallest absolute Gasteiger partial charge is 0.270 e. The summed E-state index contributed by atoms with van der Waals surface area (Å²) >= 11 is 0. The Kier molecular flexibility index (Phi) is 9.01. The minimum absolute atomic E-state index is 0.0790. The molecule has 0 fully saturated rings. The molecule has 1 heterocycles. The van der Waals surface area contributed by atoms with Crippen molar-refractivity contribution in [1.29, 1.82) is 0 Å². The summed E-state index contributed by atoms with van der Waals surface area (Å²) in [4.78, 5) is 26.0. The fraction of sp³-hybridized carbons (Fsp3) is 0.423. The molecule has 0 atom stereocenters. The van der Waals surface area contributed by atoms with E-state index < -0.39 is 4.92 Å². The molecule has 0 radical (unpaired) electrons. The van der Waals surface area contributed by atoms with Crippen LogP contribution in [0.4, 0.5) is 5.69 Å². The van der Waals surface area contributed by atoms with Crippen molar-refractivity contribution in [2.24, 2.45) is 0 Å². The van der Waals surface area contributed by atoms with Crippen LogP contribution >= 0.6 is 0 Å². The van der Waals surface area contributed by atoms with Gasteiger partial charge in [-0.3, -0.25) is 14.9 Å². The number of ketones is 1. The maximum Gasteiger partial charge on any atom is 0.270 e.